The maximum Gasteiger partial charge on any atom is 0.245 e. The number of nitrogens with zero attached hydrogens (tertiary/aromatic N) is 1. The molecular weight excluding hydrogens is 204 g/mol. The van der Waals surface area contributed by atoms with Crippen molar-refractivity contribution in [3.63, 3.8) is 0 Å². The van der Waals surface area contributed by atoms with Gasteiger partial charge in [-0.25, -0.2) is 0 Å². The van der Waals surface area contributed by atoms with Gasteiger partial charge in [-0.3, -0.25) is 9.59 Å². The number of amides is 2. The number of carbonyl (C=O) groups is 2. The minimum absolute atomic E-state index is 0.0283. The van der Waals surface area contributed by atoms with Crippen LogP contribution in [0, 0.1) is 5.41 Å². The third kappa shape index (κ3) is 2.20. The lowest BCUT2D eigenvalue weighted by Gasteiger charge is -2.33. The highest BCUT2D eigenvalue weighted by molar-refractivity contribution is 5.94. The molecule has 1 aliphatic carbocycles. The van der Waals surface area contributed by atoms with Crippen LogP contribution in [0.1, 0.15) is 39.5 Å². The lowest BCUT2D eigenvalue weighted by Crippen LogP contribution is -2.57. The average molecular weight is 224 g/mol. The van der Waals surface area contributed by atoms with Gasteiger partial charge in [0, 0.05) is 6.54 Å². The highest BCUT2D eigenvalue weighted by Gasteiger charge is 2.45. The van der Waals surface area contributed by atoms with Gasteiger partial charge in [0.2, 0.25) is 11.8 Å². The van der Waals surface area contributed by atoms with Crippen LogP contribution >= 0.6 is 0 Å². The van der Waals surface area contributed by atoms with Gasteiger partial charge in [0.15, 0.2) is 0 Å². The van der Waals surface area contributed by atoms with E-state index >= 15 is 0 Å². The smallest absolute Gasteiger partial charge is 0.245 e. The third-order valence-corrected chi connectivity index (χ3v) is 3.66. The fraction of sp³-hybridized carbons (Fsp3) is 0.833. The van der Waals surface area contributed by atoms with Gasteiger partial charge in [-0.1, -0.05) is 13.3 Å². The molecule has 1 unspecified atom stereocenters. The molecule has 0 bridgehead atoms. The van der Waals surface area contributed by atoms with Crippen LogP contribution in [0.3, 0.4) is 0 Å². The second-order valence-electron chi connectivity index (χ2n) is 5.23. The highest BCUT2D eigenvalue weighted by atomic mass is 16.2. The van der Waals surface area contributed by atoms with E-state index in [4.69, 9.17) is 0 Å². The zero-order chi connectivity index (χ0) is 11.8. The van der Waals surface area contributed by atoms with Gasteiger partial charge in [0.25, 0.3) is 0 Å². The van der Waals surface area contributed by atoms with Gasteiger partial charge in [0.1, 0.15) is 6.04 Å². The molecule has 1 aliphatic heterocycles. The molecule has 2 fully saturated rings. The van der Waals surface area contributed by atoms with Crippen molar-refractivity contribution in [1.82, 2.24) is 10.2 Å². The zero-order valence-corrected chi connectivity index (χ0v) is 10.1. The molecule has 0 aromatic heterocycles. The van der Waals surface area contributed by atoms with Crippen molar-refractivity contribution in [3.05, 3.63) is 0 Å². The Morgan fingerprint density at radius 2 is 2.12 bits per heavy atom. The summed E-state index contributed by atoms with van der Waals surface area (Å²) in [6.07, 6.45) is 4.75. The van der Waals surface area contributed by atoms with Gasteiger partial charge in [-0.15, -0.1) is 0 Å². The molecule has 1 saturated carbocycles. The number of hydrogen-bond acceptors (Lipinski definition) is 2. The van der Waals surface area contributed by atoms with E-state index < -0.39 is 0 Å². The van der Waals surface area contributed by atoms with E-state index in [9.17, 15) is 9.59 Å². The van der Waals surface area contributed by atoms with Crippen molar-refractivity contribution in [3.8, 4) is 0 Å². The van der Waals surface area contributed by atoms with Crippen LogP contribution in [0.4, 0.5) is 0 Å². The van der Waals surface area contributed by atoms with Crippen molar-refractivity contribution in [2.75, 3.05) is 13.1 Å². The summed E-state index contributed by atoms with van der Waals surface area (Å²) < 4.78 is 0. The molecule has 4 heteroatoms. The van der Waals surface area contributed by atoms with Gasteiger partial charge in [-0.05, 0) is 31.6 Å². The molecule has 1 saturated heterocycles. The number of piperazine rings is 1. The third-order valence-electron chi connectivity index (χ3n) is 3.66. The van der Waals surface area contributed by atoms with E-state index in [0.717, 1.165) is 13.0 Å². The molecule has 16 heavy (non-hydrogen) atoms. The minimum atomic E-state index is -0.348. The van der Waals surface area contributed by atoms with Crippen LogP contribution in [-0.4, -0.2) is 35.8 Å². The summed E-state index contributed by atoms with van der Waals surface area (Å²) >= 11 is 0. The SMILES string of the molecule is CCCC1(CN2CC(=O)NC(C)C2=O)CC1. The summed E-state index contributed by atoms with van der Waals surface area (Å²) in [5, 5.41) is 2.67. The van der Waals surface area contributed by atoms with E-state index in [0.29, 0.717) is 5.41 Å². The predicted molar refractivity (Wildman–Crippen MR) is 60.8 cm³/mol. The van der Waals surface area contributed by atoms with Crippen molar-refractivity contribution < 1.29 is 9.59 Å². The van der Waals surface area contributed by atoms with Crippen LogP contribution in [0.5, 0.6) is 0 Å². The summed E-state index contributed by atoms with van der Waals surface area (Å²) in [5.74, 6) is 0.0429. The normalized spacial score (nSPS) is 27.9. The van der Waals surface area contributed by atoms with Crippen LogP contribution in [-0.2, 0) is 9.59 Å². The number of rotatable bonds is 4. The second kappa shape index (κ2) is 4.07. The van der Waals surface area contributed by atoms with E-state index in [1.807, 2.05) is 0 Å². The van der Waals surface area contributed by atoms with Crippen LogP contribution < -0.4 is 5.32 Å². The van der Waals surface area contributed by atoms with E-state index in [-0.39, 0.29) is 24.4 Å². The maximum atomic E-state index is 11.9. The monoisotopic (exact) mass is 224 g/mol. The molecule has 0 spiro atoms. The fourth-order valence-corrected chi connectivity index (χ4v) is 2.61. The summed E-state index contributed by atoms with van der Waals surface area (Å²) in [7, 11) is 0. The topological polar surface area (TPSA) is 49.4 Å². The Hall–Kier alpha value is -1.06. The predicted octanol–water partition coefficient (Wildman–Crippen LogP) is 0.914. The first kappa shape index (κ1) is 11.4. The fourth-order valence-electron chi connectivity index (χ4n) is 2.61. The van der Waals surface area contributed by atoms with Crippen molar-refractivity contribution in [2.24, 2.45) is 5.41 Å². The standard InChI is InChI=1S/C12H20N2O2/c1-3-4-12(5-6-12)8-14-7-10(15)13-9(2)11(14)16/h9H,3-8H2,1-2H3,(H,13,15). The molecule has 90 valence electrons. The quantitative estimate of drug-likeness (QED) is 0.771. The summed E-state index contributed by atoms with van der Waals surface area (Å²) in [6, 6.07) is -0.348. The Balaban J connectivity index is 1.98. The Labute approximate surface area is 96.4 Å². The number of nitrogens with one attached hydrogen (secondary N) is 1. The first-order chi connectivity index (χ1) is 7.56. The molecule has 2 amide bonds. The van der Waals surface area contributed by atoms with E-state index in [1.54, 1.807) is 11.8 Å². The number of hydrogen-bond donors (Lipinski definition) is 1. The largest absolute Gasteiger partial charge is 0.343 e. The second-order valence-corrected chi connectivity index (χ2v) is 5.23. The molecule has 0 aromatic rings. The van der Waals surface area contributed by atoms with Gasteiger partial charge in [0.05, 0.1) is 6.54 Å². The van der Waals surface area contributed by atoms with Crippen LogP contribution in [0.2, 0.25) is 0 Å². The first-order valence-electron chi connectivity index (χ1n) is 6.14. The first-order valence-corrected chi connectivity index (χ1v) is 6.14. The minimum Gasteiger partial charge on any atom is -0.343 e. The lowest BCUT2D eigenvalue weighted by molar-refractivity contribution is -0.144. The number of carbonyl (C=O) groups excluding carboxylic acids is 2. The van der Waals surface area contributed by atoms with Crippen molar-refractivity contribution >= 4 is 11.8 Å². The van der Waals surface area contributed by atoms with Gasteiger partial charge < -0.3 is 10.2 Å². The lowest BCUT2D eigenvalue weighted by atomic mass is 9.99. The van der Waals surface area contributed by atoms with Gasteiger partial charge in [-0.2, -0.15) is 0 Å². The highest BCUT2D eigenvalue weighted by Crippen LogP contribution is 2.50. The van der Waals surface area contributed by atoms with Crippen molar-refractivity contribution in [1.29, 1.82) is 0 Å². The van der Waals surface area contributed by atoms with Gasteiger partial charge >= 0.3 is 0 Å². The van der Waals surface area contributed by atoms with Crippen LogP contribution in [0.25, 0.3) is 0 Å². The molecule has 2 aliphatic rings. The molecular formula is C12H20N2O2. The Morgan fingerprint density at radius 3 is 2.69 bits per heavy atom. The van der Waals surface area contributed by atoms with Crippen molar-refractivity contribution in [2.45, 2.75) is 45.6 Å². The Kier molecular flexibility index (Phi) is 2.91. The molecule has 1 heterocycles. The summed E-state index contributed by atoms with van der Waals surface area (Å²) in [4.78, 5) is 25.0. The summed E-state index contributed by atoms with van der Waals surface area (Å²) in [5.41, 5.74) is 0.335. The van der Waals surface area contributed by atoms with Crippen LogP contribution in [0.15, 0.2) is 0 Å². The summed E-state index contributed by atoms with van der Waals surface area (Å²) in [6.45, 7) is 4.95. The Morgan fingerprint density at radius 1 is 1.44 bits per heavy atom. The van der Waals surface area contributed by atoms with E-state index in [2.05, 4.69) is 12.2 Å². The molecule has 0 radical (unpaired) electrons. The zero-order valence-electron chi connectivity index (χ0n) is 10.1. The molecule has 2 rings (SSSR count). The molecule has 0 aromatic carbocycles. The Bertz CT molecular complexity index is 310. The van der Waals surface area contributed by atoms with E-state index in [1.165, 1.54) is 19.3 Å². The molecule has 1 N–H and O–H groups in total. The molecule has 4 nitrogen and oxygen atoms in total. The maximum absolute atomic E-state index is 11.9. The average Bonchev–Trinajstić information content (AvgIpc) is 2.94. The molecule has 1 atom stereocenters.